The Kier molecular flexibility index (Phi) is 13.4. The third kappa shape index (κ3) is 9.12. The predicted molar refractivity (Wildman–Crippen MR) is 248 cm³/mol. The molecule has 4 fully saturated rings. The third-order valence-corrected chi connectivity index (χ3v) is 16.7. The molecule has 0 radical (unpaired) electrons. The Morgan fingerprint density at radius 2 is 1.13 bits per heavy atom. The molecule has 3 saturated carbocycles. The number of carbonyl (C=O) groups is 1. The number of esters is 1. The van der Waals surface area contributed by atoms with Gasteiger partial charge >= 0.3 is 5.97 Å². The van der Waals surface area contributed by atoms with Crippen molar-refractivity contribution in [2.45, 2.75) is 137 Å². The van der Waals surface area contributed by atoms with Gasteiger partial charge in [-0.15, -0.1) is 0 Å². The monoisotopic (exact) mass is 851 g/mol. The molecule has 4 aromatic carbocycles. The van der Waals surface area contributed by atoms with E-state index in [0.717, 1.165) is 49.7 Å². The van der Waals surface area contributed by atoms with Crippen LogP contribution in [0.25, 0.3) is 0 Å². The molecule has 0 amide bonds. The highest BCUT2D eigenvalue weighted by atomic mass is 16.6. The van der Waals surface area contributed by atoms with Crippen LogP contribution in [0.5, 0.6) is 0 Å². The van der Waals surface area contributed by atoms with Crippen LogP contribution >= 0.6 is 0 Å². The SMILES string of the molecule is CC(C)C1CC(=O)OC(C(C)C2=CCC3C4C(CC[C@]23C)[C@@]2(C)CC[C@@H](OCc3ccccc3)[C@H](OCc3ccccc3)C2[C@@H](OCc2ccccc2)[C@@H]4OCc2ccccc2)C1. The van der Waals surface area contributed by atoms with Gasteiger partial charge in [-0.2, -0.15) is 0 Å². The highest BCUT2D eigenvalue weighted by Crippen LogP contribution is 2.68. The van der Waals surface area contributed by atoms with Gasteiger partial charge in [0, 0.05) is 18.3 Å². The van der Waals surface area contributed by atoms with Crippen molar-refractivity contribution in [1.29, 1.82) is 0 Å². The van der Waals surface area contributed by atoms with E-state index in [1.807, 2.05) is 0 Å². The minimum absolute atomic E-state index is 0.0215. The second-order valence-electron chi connectivity index (χ2n) is 20.6. The van der Waals surface area contributed by atoms with Crippen molar-refractivity contribution in [3.05, 3.63) is 155 Å². The lowest BCUT2D eigenvalue weighted by Crippen LogP contribution is -2.69. The largest absolute Gasteiger partial charge is 0.462 e. The van der Waals surface area contributed by atoms with Crippen molar-refractivity contribution in [2.24, 2.45) is 52.3 Å². The summed E-state index contributed by atoms with van der Waals surface area (Å²) in [5, 5.41) is 0. The van der Waals surface area contributed by atoms with E-state index in [1.165, 1.54) is 16.7 Å². The molecule has 0 bridgehead atoms. The standard InChI is InChI=1S/C57H70O6/c1-38(2)44-32-49(63-50(58)33-44)39(3)45-26-27-46-51-47(28-30-56(45,46)4)57(5)31-29-48(59-34-40-18-10-6-11-19-40)53(60-35-41-20-12-7-13-21-41)52(57)55(62-37-43-24-16-9-17-25-43)54(51)61-36-42-22-14-8-15-23-42/h6-26,38-39,44,46-49,51-55H,27-37H2,1-5H3/t39?,44?,46?,47?,48-,49?,51?,52?,53+,54-,55-,56-,57-/m1/s1. The highest BCUT2D eigenvalue weighted by molar-refractivity contribution is 5.70. The summed E-state index contributed by atoms with van der Waals surface area (Å²) in [4.78, 5) is 13.1. The number of benzene rings is 4. The van der Waals surface area contributed by atoms with Gasteiger partial charge in [-0.25, -0.2) is 0 Å². The summed E-state index contributed by atoms with van der Waals surface area (Å²) in [5.74, 6) is 1.98. The average molecular weight is 851 g/mol. The quantitative estimate of drug-likeness (QED) is 0.0877. The van der Waals surface area contributed by atoms with E-state index < -0.39 is 0 Å². The Hall–Kier alpha value is -4.07. The molecule has 13 atom stereocenters. The summed E-state index contributed by atoms with van der Waals surface area (Å²) < 4.78 is 35.6. The summed E-state index contributed by atoms with van der Waals surface area (Å²) >= 11 is 0. The van der Waals surface area contributed by atoms with Gasteiger partial charge in [0.05, 0.1) is 50.8 Å². The predicted octanol–water partition coefficient (Wildman–Crippen LogP) is 12.4. The van der Waals surface area contributed by atoms with E-state index in [1.54, 1.807) is 0 Å². The zero-order valence-electron chi connectivity index (χ0n) is 38.3. The maximum atomic E-state index is 13.1. The average Bonchev–Trinajstić information content (AvgIpc) is 3.67. The van der Waals surface area contributed by atoms with Gasteiger partial charge in [-0.3, -0.25) is 4.79 Å². The van der Waals surface area contributed by atoms with E-state index in [2.05, 4.69) is 162 Å². The fraction of sp³-hybridized carbons (Fsp3) is 0.526. The first kappa shape index (κ1) is 44.1. The lowest BCUT2D eigenvalue weighted by molar-refractivity contribution is -0.284. The number of ether oxygens (including phenoxy) is 5. The number of allylic oxidation sites excluding steroid dienone is 1. The fourth-order valence-corrected chi connectivity index (χ4v) is 13.3. The molecule has 63 heavy (non-hydrogen) atoms. The van der Waals surface area contributed by atoms with Gasteiger partial charge in [-0.1, -0.05) is 168 Å². The molecular weight excluding hydrogens is 781 g/mol. The second-order valence-corrected chi connectivity index (χ2v) is 20.6. The smallest absolute Gasteiger partial charge is 0.306 e. The minimum atomic E-state index is -0.251. The normalized spacial score (nSPS) is 34.3. The van der Waals surface area contributed by atoms with E-state index in [4.69, 9.17) is 23.7 Å². The topological polar surface area (TPSA) is 63.2 Å². The van der Waals surface area contributed by atoms with Crippen LogP contribution in [-0.4, -0.2) is 36.5 Å². The maximum absolute atomic E-state index is 13.1. The molecular formula is C57H70O6. The van der Waals surface area contributed by atoms with Gasteiger partial charge in [0.25, 0.3) is 0 Å². The van der Waals surface area contributed by atoms with Crippen LogP contribution < -0.4 is 0 Å². The van der Waals surface area contributed by atoms with E-state index in [0.29, 0.717) is 56.5 Å². The van der Waals surface area contributed by atoms with Gasteiger partial charge in [0.15, 0.2) is 0 Å². The molecule has 9 rings (SSSR count). The molecule has 1 saturated heterocycles. The van der Waals surface area contributed by atoms with Crippen molar-refractivity contribution in [1.82, 2.24) is 0 Å². The Labute approximate surface area is 377 Å². The third-order valence-electron chi connectivity index (χ3n) is 16.7. The zero-order chi connectivity index (χ0) is 43.6. The molecule has 0 aromatic heterocycles. The zero-order valence-corrected chi connectivity index (χ0v) is 38.3. The molecule has 1 aliphatic heterocycles. The van der Waals surface area contributed by atoms with Crippen LogP contribution in [0, 0.1) is 52.3 Å². The summed E-state index contributed by atoms with van der Waals surface area (Å²) in [5.41, 5.74) is 6.02. The van der Waals surface area contributed by atoms with E-state index in [9.17, 15) is 4.79 Å². The summed E-state index contributed by atoms with van der Waals surface area (Å²) in [6.45, 7) is 14.0. The Morgan fingerprint density at radius 1 is 0.619 bits per heavy atom. The van der Waals surface area contributed by atoms with Crippen molar-refractivity contribution in [3.63, 3.8) is 0 Å². The number of fused-ring (bicyclic) bond motifs is 5. The van der Waals surface area contributed by atoms with Gasteiger partial charge in [0.2, 0.25) is 0 Å². The van der Waals surface area contributed by atoms with Gasteiger partial charge < -0.3 is 23.7 Å². The van der Waals surface area contributed by atoms with Crippen LogP contribution in [0.4, 0.5) is 0 Å². The van der Waals surface area contributed by atoms with Crippen LogP contribution in [0.2, 0.25) is 0 Å². The molecule has 6 nitrogen and oxygen atoms in total. The number of cyclic esters (lactones) is 1. The molecule has 0 spiro atoms. The molecule has 4 aliphatic carbocycles. The Bertz CT molecular complexity index is 2120. The first-order chi connectivity index (χ1) is 30.6. The molecule has 5 aliphatic rings. The lowest BCUT2D eigenvalue weighted by Gasteiger charge is -2.66. The number of carbonyl (C=O) groups excluding carboxylic acids is 1. The van der Waals surface area contributed by atoms with Crippen LogP contribution in [0.3, 0.4) is 0 Å². The van der Waals surface area contributed by atoms with Crippen molar-refractivity contribution < 1.29 is 28.5 Å². The number of hydrogen-bond acceptors (Lipinski definition) is 6. The van der Waals surface area contributed by atoms with E-state index >= 15 is 0 Å². The summed E-state index contributed by atoms with van der Waals surface area (Å²) in [7, 11) is 0. The van der Waals surface area contributed by atoms with Crippen molar-refractivity contribution in [3.8, 4) is 0 Å². The Morgan fingerprint density at radius 3 is 1.67 bits per heavy atom. The highest BCUT2D eigenvalue weighted by Gasteiger charge is 2.67. The number of rotatable bonds is 15. The lowest BCUT2D eigenvalue weighted by atomic mass is 9.42. The molecule has 7 unspecified atom stereocenters. The van der Waals surface area contributed by atoms with Gasteiger partial charge in [-0.05, 0) is 101 Å². The van der Waals surface area contributed by atoms with Crippen LogP contribution in [0.15, 0.2) is 133 Å². The molecule has 4 aromatic rings. The second kappa shape index (κ2) is 19.2. The molecule has 0 N–H and O–H groups in total. The number of hydrogen-bond donors (Lipinski definition) is 0. The molecule has 334 valence electrons. The molecule has 6 heteroatoms. The van der Waals surface area contributed by atoms with Crippen molar-refractivity contribution in [2.75, 3.05) is 0 Å². The van der Waals surface area contributed by atoms with Gasteiger partial charge in [0.1, 0.15) is 6.10 Å². The van der Waals surface area contributed by atoms with Crippen LogP contribution in [0.1, 0.15) is 102 Å². The summed E-state index contributed by atoms with van der Waals surface area (Å²) in [6, 6.07) is 42.5. The van der Waals surface area contributed by atoms with Crippen molar-refractivity contribution >= 4 is 5.97 Å². The Balaban J connectivity index is 1.11. The molecule has 1 heterocycles. The summed E-state index contributed by atoms with van der Waals surface area (Å²) in [6.07, 6.45) is 8.36. The van der Waals surface area contributed by atoms with E-state index in [-0.39, 0.29) is 65.1 Å². The first-order valence-corrected chi connectivity index (χ1v) is 24.1. The van der Waals surface area contributed by atoms with Crippen LogP contribution in [-0.2, 0) is 54.9 Å². The first-order valence-electron chi connectivity index (χ1n) is 24.1. The minimum Gasteiger partial charge on any atom is -0.462 e. The fourth-order valence-electron chi connectivity index (χ4n) is 13.3. The maximum Gasteiger partial charge on any atom is 0.306 e.